The van der Waals surface area contributed by atoms with Crippen LogP contribution in [-0.2, 0) is 0 Å². The number of aromatic nitrogens is 3. The van der Waals surface area contributed by atoms with Gasteiger partial charge in [0, 0.05) is 17.0 Å². The van der Waals surface area contributed by atoms with Crippen LogP contribution in [-0.4, -0.2) is 26.3 Å². The summed E-state index contributed by atoms with van der Waals surface area (Å²) in [6.07, 6.45) is 1.39. The third kappa shape index (κ3) is 3.01. The minimum atomic E-state index is -0.285. The highest BCUT2D eigenvalue weighted by molar-refractivity contribution is 5.82. The summed E-state index contributed by atoms with van der Waals surface area (Å²) in [6, 6.07) is 11.2. The lowest BCUT2D eigenvalue weighted by Gasteiger charge is -1.96. The van der Waals surface area contributed by atoms with Crippen molar-refractivity contribution < 1.29 is 9.52 Å². The third-order valence-electron chi connectivity index (χ3n) is 2.93. The van der Waals surface area contributed by atoms with Gasteiger partial charge in [0.05, 0.1) is 6.21 Å². The lowest BCUT2D eigenvalue weighted by atomic mass is 10.2. The van der Waals surface area contributed by atoms with Gasteiger partial charge in [-0.1, -0.05) is 18.2 Å². The van der Waals surface area contributed by atoms with Crippen molar-refractivity contribution in [3.8, 4) is 17.4 Å². The van der Waals surface area contributed by atoms with Gasteiger partial charge in [-0.15, -0.1) is 0 Å². The van der Waals surface area contributed by atoms with Crippen molar-refractivity contribution in [2.75, 3.05) is 0 Å². The van der Waals surface area contributed by atoms with E-state index in [9.17, 15) is 5.11 Å². The molecule has 0 radical (unpaired) electrons. The van der Waals surface area contributed by atoms with Gasteiger partial charge < -0.3 is 9.52 Å². The molecule has 0 amide bonds. The fraction of sp³-hybridized carbons (Fsp3) is 0.125. The molecule has 2 aromatic heterocycles. The number of nitrogens with zero attached hydrogens (tertiary/aromatic N) is 4. The van der Waals surface area contributed by atoms with Gasteiger partial charge >= 0.3 is 5.95 Å². The first-order valence-electron chi connectivity index (χ1n) is 6.73. The molecule has 0 aliphatic carbocycles. The van der Waals surface area contributed by atoms with Crippen LogP contribution in [0.5, 0.6) is 5.95 Å². The number of rotatable bonds is 3. The molecular formula is C16H14N4O2. The zero-order valence-electron chi connectivity index (χ0n) is 12.2. The second kappa shape index (κ2) is 5.77. The molecule has 3 aromatic rings. The van der Waals surface area contributed by atoms with E-state index in [0.717, 1.165) is 17.0 Å². The molecule has 0 bridgehead atoms. The topological polar surface area (TPSA) is 84.4 Å². The minimum absolute atomic E-state index is 0.238. The number of aliphatic imine (C=N–C) groups is 1. The largest absolute Gasteiger partial charge is 0.479 e. The van der Waals surface area contributed by atoms with E-state index in [-0.39, 0.29) is 11.6 Å². The molecule has 110 valence electrons. The number of benzene rings is 1. The Bertz CT molecular complexity index is 805. The molecular weight excluding hydrogens is 280 g/mol. The van der Waals surface area contributed by atoms with E-state index in [2.05, 4.69) is 19.9 Å². The van der Waals surface area contributed by atoms with Gasteiger partial charge in [-0.2, -0.15) is 0 Å². The highest BCUT2D eigenvalue weighted by Gasteiger charge is 2.12. The predicted octanol–water partition coefficient (Wildman–Crippen LogP) is 3.20. The lowest BCUT2D eigenvalue weighted by molar-refractivity contribution is 0.337. The number of hydrogen-bond donors (Lipinski definition) is 1. The second-order valence-electron chi connectivity index (χ2n) is 4.78. The van der Waals surface area contributed by atoms with Crippen LogP contribution in [0.1, 0.15) is 17.1 Å². The molecule has 3 rings (SSSR count). The van der Waals surface area contributed by atoms with Crippen LogP contribution in [0.15, 0.2) is 45.8 Å². The lowest BCUT2D eigenvalue weighted by Crippen LogP contribution is -1.90. The summed E-state index contributed by atoms with van der Waals surface area (Å²) >= 11 is 0. The smallest absolute Gasteiger partial charge is 0.312 e. The predicted molar refractivity (Wildman–Crippen MR) is 82.4 cm³/mol. The number of oxazole rings is 1. The van der Waals surface area contributed by atoms with Crippen LogP contribution in [0, 0.1) is 13.8 Å². The van der Waals surface area contributed by atoms with E-state index in [1.807, 2.05) is 50.2 Å². The first-order valence-corrected chi connectivity index (χ1v) is 6.73. The first-order chi connectivity index (χ1) is 10.6. The Balaban J connectivity index is 1.90. The molecule has 0 saturated heterocycles. The zero-order valence-corrected chi connectivity index (χ0v) is 12.2. The van der Waals surface area contributed by atoms with Gasteiger partial charge in [0.2, 0.25) is 11.8 Å². The Morgan fingerprint density at radius 3 is 2.41 bits per heavy atom. The maximum atomic E-state index is 9.82. The summed E-state index contributed by atoms with van der Waals surface area (Å²) in [4.78, 5) is 16.7. The van der Waals surface area contributed by atoms with Crippen LogP contribution in [0.25, 0.3) is 11.5 Å². The summed E-state index contributed by atoms with van der Waals surface area (Å²) in [5.74, 6) is 0.369. The summed E-state index contributed by atoms with van der Waals surface area (Å²) < 4.78 is 5.25. The number of hydrogen-bond acceptors (Lipinski definition) is 6. The highest BCUT2D eigenvalue weighted by atomic mass is 16.5. The highest BCUT2D eigenvalue weighted by Crippen LogP contribution is 2.25. The standard InChI is InChI=1S/C16H14N4O2/c1-10-8-11(2)19-16(18-10)17-9-13-15(21)22-14(20-13)12-6-4-3-5-7-12/h3-9,21H,1-2H3/b17-9+. The van der Waals surface area contributed by atoms with Crippen molar-refractivity contribution in [2.24, 2.45) is 4.99 Å². The monoisotopic (exact) mass is 294 g/mol. The molecule has 6 nitrogen and oxygen atoms in total. The van der Waals surface area contributed by atoms with Gasteiger partial charge in [-0.05, 0) is 32.0 Å². The van der Waals surface area contributed by atoms with Crippen molar-refractivity contribution in [1.29, 1.82) is 0 Å². The molecule has 0 atom stereocenters. The molecule has 0 spiro atoms. The van der Waals surface area contributed by atoms with Gasteiger partial charge in [0.25, 0.3) is 0 Å². The molecule has 2 heterocycles. The van der Waals surface area contributed by atoms with Gasteiger partial charge in [-0.3, -0.25) is 0 Å². The van der Waals surface area contributed by atoms with Crippen LogP contribution < -0.4 is 0 Å². The zero-order chi connectivity index (χ0) is 15.5. The molecule has 6 heteroatoms. The Kier molecular flexibility index (Phi) is 3.65. The molecule has 0 unspecified atom stereocenters. The normalized spacial score (nSPS) is 11.2. The van der Waals surface area contributed by atoms with E-state index in [1.165, 1.54) is 6.21 Å². The van der Waals surface area contributed by atoms with E-state index < -0.39 is 0 Å². The summed E-state index contributed by atoms with van der Waals surface area (Å²) in [6.45, 7) is 3.74. The first kappa shape index (κ1) is 13.9. The molecule has 0 aliphatic heterocycles. The molecule has 0 fully saturated rings. The Labute approximate surface area is 127 Å². The van der Waals surface area contributed by atoms with Crippen LogP contribution >= 0.6 is 0 Å². The Hall–Kier alpha value is -3.02. The van der Waals surface area contributed by atoms with Crippen molar-refractivity contribution in [3.63, 3.8) is 0 Å². The third-order valence-corrected chi connectivity index (χ3v) is 2.93. The summed E-state index contributed by atoms with van der Waals surface area (Å²) in [5.41, 5.74) is 2.67. The fourth-order valence-corrected chi connectivity index (χ4v) is 2.00. The minimum Gasteiger partial charge on any atom is -0.479 e. The van der Waals surface area contributed by atoms with Gasteiger partial charge in [0.1, 0.15) is 0 Å². The van der Waals surface area contributed by atoms with E-state index in [4.69, 9.17) is 4.42 Å². The van der Waals surface area contributed by atoms with Gasteiger partial charge in [0.15, 0.2) is 5.69 Å². The maximum absolute atomic E-state index is 9.82. The van der Waals surface area contributed by atoms with Gasteiger partial charge in [-0.25, -0.2) is 19.9 Å². The van der Waals surface area contributed by atoms with Crippen molar-refractivity contribution >= 4 is 12.2 Å². The molecule has 1 N–H and O–H groups in total. The van der Waals surface area contributed by atoms with E-state index in [1.54, 1.807) is 0 Å². The van der Waals surface area contributed by atoms with E-state index in [0.29, 0.717) is 11.8 Å². The van der Waals surface area contributed by atoms with Crippen molar-refractivity contribution in [3.05, 3.63) is 53.5 Å². The average Bonchev–Trinajstić information content (AvgIpc) is 2.86. The van der Waals surface area contributed by atoms with Crippen molar-refractivity contribution in [1.82, 2.24) is 15.0 Å². The van der Waals surface area contributed by atoms with Crippen molar-refractivity contribution in [2.45, 2.75) is 13.8 Å². The summed E-state index contributed by atoms with van der Waals surface area (Å²) in [7, 11) is 0. The van der Waals surface area contributed by atoms with Crippen LogP contribution in [0.3, 0.4) is 0 Å². The molecule has 0 saturated carbocycles. The molecule has 22 heavy (non-hydrogen) atoms. The van der Waals surface area contributed by atoms with Crippen LogP contribution in [0.4, 0.5) is 5.95 Å². The van der Waals surface area contributed by atoms with E-state index >= 15 is 0 Å². The maximum Gasteiger partial charge on any atom is 0.312 e. The SMILES string of the molecule is Cc1cc(C)nc(/N=C/c2nc(-c3ccccc3)oc2O)n1. The quantitative estimate of drug-likeness (QED) is 0.750. The average molecular weight is 294 g/mol. The summed E-state index contributed by atoms with van der Waals surface area (Å²) in [5, 5.41) is 9.82. The second-order valence-corrected chi connectivity index (χ2v) is 4.78. The Morgan fingerprint density at radius 1 is 1.05 bits per heavy atom. The molecule has 0 aliphatic rings. The fourth-order valence-electron chi connectivity index (χ4n) is 2.00. The number of aryl methyl sites for hydroxylation is 2. The Morgan fingerprint density at radius 2 is 1.73 bits per heavy atom. The number of aromatic hydroxyl groups is 1. The molecule has 1 aromatic carbocycles. The van der Waals surface area contributed by atoms with Crippen LogP contribution in [0.2, 0.25) is 0 Å².